The monoisotopic (exact) mass is 273 g/mol. The van der Waals surface area contributed by atoms with Crippen molar-refractivity contribution in [1.29, 1.82) is 0 Å². The summed E-state index contributed by atoms with van der Waals surface area (Å²) in [5.41, 5.74) is 2.71. The smallest absolute Gasteiger partial charge is 0.129 e. The SMILES string of the molecule is CCNCc1ccc(F)c(COc2ccccc2C)c1. The number of benzene rings is 2. The van der Waals surface area contributed by atoms with Crippen molar-refractivity contribution in [2.24, 2.45) is 0 Å². The van der Waals surface area contributed by atoms with Crippen LogP contribution in [0, 0.1) is 12.7 Å². The zero-order chi connectivity index (χ0) is 14.4. The molecule has 0 aromatic heterocycles. The van der Waals surface area contributed by atoms with Gasteiger partial charge in [-0.05, 0) is 42.8 Å². The summed E-state index contributed by atoms with van der Waals surface area (Å²) in [4.78, 5) is 0. The predicted octanol–water partition coefficient (Wildman–Crippen LogP) is 3.82. The van der Waals surface area contributed by atoms with Crippen molar-refractivity contribution in [3.8, 4) is 5.75 Å². The van der Waals surface area contributed by atoms with E-state index in [4.69, 9.17) is 4.74 Å². The lowest BCUT2D eigenvalue weighted by Gasteiger charge is -2.11. The van der Waals surface area contributed by atoms with Crippen molar-refractivity contribution in [3.05, 3.63) is 65.0 Å². The van der Waals surface area contributed by atoms with E-state index in [0.29, 0.717) is 5.56 Å². The second-order valence-corrected chi connectivity index (χ2v) is 4.76. The van der Waals surface area contributed by atoms with Gasteiger partial charge in [-0.3, -0.25) is 0 Å². The average Bonchev–Trinajstić information content (AvgIpc) is 2.46. The molecule has 0 aliphatic heterocycles. The number of nitrogens with one attached hydrogen (secondary N) is 1. The van der Waals surface area contributed by atoms with Crippen LogP contribution in [0.5, 0.6) is 5.75 Å². The van der Waals surface area contributed by atoms with Crippen LogP contribution < -0.4 is 10.1 Å². The van der Waals surface area contributed by atoms with Crippen molar-refractivity contribution < 1.29 is 9.13 Å². The number of para-hydroxylation sites is 1. The van der Waals surface area contributed by atoms with Crippen LogP contribution in [-0.4, -0.2) is 6.54 Å². The standard InChI is InChI=1S/C17H20FNO/c1-3-19-11-14-8-9-16(18)15(10-14)12-20-17-7-5-4-6-13(17)2/h4-10,19H,3,11-12H2,1-2H3. The molecule has 3 heteroatoms. The van der Waals surface area contributed by atoms with E-state index in [9.17, 15) is 4.39 Å². The summed E-state index contributed by atoms with van der Waals surface area (Å²) in [7, 11) is 0. The van der Waals surface area contributed by atoms with Crippen LogP contribution in [-0.2, 0) is 13.2 Å². The fourth-order valence-electron chi connectivity index (χ4n) is 1.99. The normalized spacial score (nSPS) is 10.6. The summed E-state index contributed by atoms with van der Waals surface area (Å²) in [5, 5.41) is 3.23. The van der Waals surface area contributed by atoms with Crippen LogP contribution in [0.4, 0.5) is 4.39 Å². The Kier molecular flexibility index (Phi) is 5.13. The van der Waals surface area contributed by atoms with Gasteiger partial charge in [-0.15, -0.1) is 0 Å². The number of halogens is 1. The molecule has 0 fully saturated rings. The van der Waals surface area contributed by atoms with E-state index in [1.54, 1.807) is 6.07 Å². The van der Waals surface area contributed by atoms with Gasteiger partial charge >= 0.3 is 0 Å². The van der Waals surface area contributed by atoms with E-state index in [-0.39, 0.29) is 12.4 Å². The Morgan fingerprint density at radius 3 is 2.70 bits per heavy atom. The summed E-state index contributed by atoms with van der Waals surface area (Å²) < 4.78 is 19.5. The van der Waals surface area contributed by atoms with Gasteiger partial charge in [0.25, 0.3) is 0 Å². The van der Waals surface area contributed by atoms with E-state index in [1.807, 2.05) is 44.2 Å². The molecule has 0 unspecified atom stereocenters. The number of hydrogen-bond donors (Lipinski definition) is 1. The number of ether oxygens (including phenoxy) is 1. The fraction of sp³-hybridized carbons (Fsp3) is 0.294. The van der Waals surface area contributed by atoms with E-state index in [2.05, 4.69) is 5.32 Å². The van der Waals surface area contributed by atoms with Crippen molar-refractivity contribution in [2.45, 2.75) is 27.0 Å². The van der Waals surface area contributed by atoms with Crippen LogP contribution in [0.2, 0.25) is 0 Å². The Morgan fingerprint density at radius 2 is 1.95 bits per heavy atom. The van der Waals surface area contributed by atoms with E-state index in [0.717, 1.165) is 30.0 Å². The molecule has 0 spiro atoms. The molecule has 20 heavy (non-hydrogen) atoms. The maximum Gasteiger partial charge on any atom is 0.129 e. The van der Waals surface area contributed by atoms with Gasteiger partial charge in [0.1, 0.15) is 18.2 Å². The quantitative estimate of drug-likeness (QED) is 0.864. The van der Waals surface area contributed by atoms with E-state index >= 15 is 0 Å². The van der Waals surface area contributed by atoms with Crippen LogP contribution in [0.25, 0.3) is 0 Å². The molecule has 1 N–H and O–H groups in total. The Balaban J connectivity index is 2.07. The zero-order valence-electron chi connectivity index (χ0n) is 11.9. The highest BCUT2D eigenvalue weighted by Gasteiger charge is 2.06. The number of aryl methyl sites for hydroxylation is 1. The largest absolute Gasteiger partial charge is 0.489 e. The molecule has 2 aromatic carbocycles. The minimum atomic E-state index is -0.223. The summed E-state index contributed by atoms with van der Waals surface area (Å²) in [6, 6.07) is 12.9. The summed E-state index contributed by atoms with van der Waals surface area (Å²) >= 11 is 0. The summed E-state index contributed by atoms with van der Waals surface area (Å²) in [6.07, 6.45) is 0. The van der Waals surface area contributed by atoms with Crippen molar-refractivity contribution >= 4 is 0 Å². The van der Waals surface area contributed by atoms with Gasteiger partial charge in [0.15, 0.2) is 0 Å². The second-order valence-electron chi connectivity index (χ2n) is 4.76. The Labute approximate surface area is 119 Å². The molecule has 2 nitrogen and oxygen atoms in total. The lowest BCUT2D eigenvalue weighted by molar-refractivity contribution is 0.297. The van der Waals surface area contributed by atoms with Crippen LogP contribution in [0.1, 0.15) is 23.6 Å². The van der Waals surface area contributed by atoms with Gasteiger partial charge < -0.3 is 10.1 Å². The van der Waals surface area contributed by atoms with Crippen LogP contribution >= 0.6 is 0 Å². The van der Waals surface area contributed by atoms with Crippen LogP contribution in [0.15, 0.2) is 42.5 Å². The van der Waals surface area contributed by atoms with Crippen molar-refractivity contribution in [3.63, 3.8) is 0 Å². The molecular formula is C17H20FNO. The van der Waals surface area contributed by atoms with Crippen molar-refractivity contribution in [1.82, 2.24) is 5.32 Å². The van der Waals surface area contributed by atoms with Gasteiger partial charge in [-0.2, -0.15) is 0 Å². The molecule has 0 heterocycles. The molecule has 2 rings (SSSR count). The highest BCUT2D eigenvalue weighted by Crippen LogP contribution is 2.19. The molecule has 2 aromatic rings. The van der Waals surface area contributed by atoms with Gasteiger partial charge in [-0.1, -0.05) is 31.2 Å². The van der Waals surface area contributed by atoms with Gasteiger partial charge in [0.05, 0.1) is 0 Å². The first-order chi connectivity index (χ1) is 9.70. The highest BCUT2D eigenvalue weighted by atomic mass is 19.1. The Hall–Kier alpha value is -1.87. The van der Waals surface area contributed by atoms with Crippen LogP contribution in [0.3, 0.4) is 0 Å². The van der Waals surface area contributed by atoms with E-state index < -0.39 is 0 Å². The molecule has 0 bridgehead atoms. The first kappa shape index (κ1) is 14.5. The maximum absolute atomic E-state index is 13.8. The predicted molar refractivity (Wildman–Crippen MR) is 79.3 cm³/mol. The van der Waals surface area contributed by atoms with Crippen molar-refractivity contribution in [2.75, 3.05) is 6.54 Å². The minimum absolute atomic E-state index is 0.223. The third kappa shape index (κ3) is 3.81. The zero-order valence-corrected chi connectivity index (χ0v) is 11.9. The molecule has 0 aliphatic carbocycles. The lowest BCUT2D eigenvalue weighted by atomic mass is 10.1. The maximum atomic E-state index is 13.8. The third-order valence-electron chi connectivity index (χ3n) is 3.17. The summed E-state index contributed by atoms with van der Waals surface area (Å²) in [6.45, 7) is 5.91. The lowest BCUT2D eigenvalue weighted by Crippen LogP contribution is -2.12. The average molecular weight is 273 g/mol. The Morgan fingerprint density at radius 1 is 1.15 bits per heavy atom. The molecule has 0 saturated carbocycles. The second kappa shape index (κ2) is 7.06. The topological polar surface area (TPSA) is 21.3 Å². The number of hydrogen-bond acceptors (Lipinski definition) is 2. The molecule has 0 radical (unpaired) electrons. The van der Waals surface area contributed by atoms with E-state index in [1.165, 1.54) is 6.07 Å². The first-order valence-electron chi connectivity index (χ1n) is 6.87. The minimum Gasteiger partial charge on any atom is -0.489 e. The molecular weight excluding hydrogens is 253 g/mol. The molecule has 0 saturated heterocycles. The first-order valence-corrected chi connectivity index (χ1v) is 6.87. The molecule has 0 amide bonds. The highest BCUT2D eigenvalue weighted by molar-refractivity contribution is 5.32. The number of rotatable bonds is 6. The molecule has 0 aliphatic rings. The van der Waals surface area contributed by atoms with Gasteiger partial charge in [0, 0.05) is 12.1 Å². The summed E-state index contributed by atoms with van der Waals surface area (Å²) in [5.74, 6) is 0.572. The van der Waals surface area contributed by atoms with Gasteiger partial charge in [-0.25, -0.2) is 4.39 Å². The van der Waals surface area contributed by atoms with Gasteiger partial charge in [0.2, 0.25) is 0 Å². The Bertz CT molecular complexity index is 569. The molecule has 106 valence electrons. The molecule has 0 atom stereocenters. The fourth-order valence-corrected chi connectivity index (χ4v) is 1.99. The third-order valence-corrected chi connectivity index (χ3v) is 3.17.